The van der Waals surface area contributed by atoms with Gasteiger partial charge in [0.15, 0.2) is 10.1 Å². The third-order valence-electron chi connectivity index (χ3n) is 5.09. The second-order valence-electron chi connectivity index (χ2n) is 6.56. The first-order valence-corrected chi connectivity index (χ1v) is 10.5. The number of hydrogen-bond acceptors (Lipinski definition) is 5. The van der Waals surface area contributed by atoms with Crippen LogP contribution in [0.3, 0.4) is 0 Å². The number of esters is 1. The van der Waals surface area contributed by atoms with Gasteiger partial charge in [0, 0.05) is 18.3 Å². The maximum Gasteiger partial charge on any atom is 0.343 e. The highest BCUT2D eigenvalue weighted by Crippen LogP contribution is 2.47. The number of Topliss-reactive ketones (excluding diaryl/α,β-unsaturated/α-hetero) is 1. The van der Waals surface area contributed by atoms with E-state index in [0.717, 1.165) is 0 Å². The first kappa shape index (κ1) is 21.8. The van der Waals surface area contributed by atoms with Crippen molar-refractivity contribution in [3.05, 3.63) is 69.5 Å². The zero-order chi connectivity index (χ0) is 21.3. The van der Waals surface area contributed by atoms with Gasteiger partial charge in [-0.2, -0.15) is 0 Å². The number of ether oxygens (including phenoxy) is 1. The summed E-state index contributed by atoms with van der Waals surface area (Å²) in [7, 11) is 1.25. The summed E-state index contributed by atoms with van der Waals surface area (Å²) < 4.78 is 3.76. The summed E-state index contributed by atoms with van der Waals surface area (Å²) in [6.45, 7) is 4.39. The molecule has 2 atom stereocenters. The van der Waals surface area contributed by atoms with Crippen LogP contribution in [-0.2, 0) is 18.7 Å². The summed E-state index contributed by atoms with van der Waals surface area (Å²) in [5, 5.41) is 0.717. The molecule has 1 aromatic carbocycles. The molecule has 8 heteroatoms. The lowest BCUT2D eigenvalue weighted by Crippen LogP contribution is -2.55. The largest absolute Gasteiger partial charge is 0.465 e. The summed E-state index contributed by atoms with van der Waals surface area (Å²) in [4.78, 5) is 32.8. The van der Waals surface area contributed by atoms with Crippen molar-refractivity contribution in [3.63, 3.8) is 0 Å². The first-order chi connectivity index (χ1) is 13.8. The maximum atomic E-state index is 13.7. The van der Waals surface area contributed by atoms with Gasteiger partial charge in [0.25, 0.3) is 0 Å². The number of ketones is 1. The van der Waals surface area contributed by atoms with Crippen molar-refractivity contribution in [3.8, 4) is 0 Å². The van der Waals surface area contributed by atoms with Crippen LogP contribution in [0.5, 0.6) is 0 Å². The van der Waals surface area contributed by atoms with Crippen molar-refractivity contribution in [1.29, 1.82) is 0 Å². The van der Waals surface area contributed by atoms with E-state index >= 15 is 0 Å². The highest BCUT2D eigenvalue weighted by atomic mass is 79.9. The summed E-state index contributed by atoms with van der Waals surface area (Å²) in [6.07, 6.45) is 1.62. The number of alkyl halides is 1. The Morgan fingerprint density at radius 1 is 1.28 bits per heavy atom. The van der Waals surface area contributed by atoms with Crippen LogP contribution < -0.4 is 0 Å². The van der Waals surface area contributed by atoms with Gasteiger partial charge in [0.1, 0.15) is 5.57 Å². The van der Waals surface area contributed by atoms with E-state index in [-0.39, 0.29) is 11.6 Å². The molecule has 2 aromatic rings. The molecule has 29 heavy (non-hydrogen) atoms. The van der Waals surface area contributed by atoms with Gasteiger partial charge >= 0.3 is 5.97 Å². The molecule has 0 fully saturated rings. The second kappa shape index (κ2) is 8.46. The van der Waals surface area contributed by atoms with Crippen LogP contribution in [-0.4, -0.2) is 41.3 Å². The van der Waals surface area contributed by atoms with Gasteiger partial charge in [-0.3, -0.25) is 9.78 Å². The van der Waals surface area contributed by atoms with Crippen molar-refractivity contribution in [2.24, 2.45) is 0 Å². The quantitative estimate of drug-likeness (QED) is 0.343. The van der Waals surface area contributed by atoms with Crippen molar-refractivity contribution < 1.29 is 14.3 Å². The molecule has 5 nitrogen and oxygen atoms in total. The summed E-state index contributed by atoms with van der Waals surface area (Å²) in [6, 6.07) is 10.00. The molecule has 0 saturated carbocycles. The fourth-order valence-electron chi connectivity index (χ4n) is 3.62. The van der Waals surface area contributed by atoms with Crippen LogP contribution in [0.2, 0.25) is 10.0 Å². The molecular weight excluding hydrogens is 479 g/mol. The maximum absolute atomic E-state index is 13.7. The number of carbonyl (C=O) groups excluding carboxylic acids is 2. The van der Waals surface area contributed by atoms with Crippen molar-refractivity contribution in [1.82, 2.24) is 9.88 Å². The minimum atomic E-state index is -1.21. The van der Waals surface area contributed by atoms with Crippen LogP contribution >= 0.6 is 39.1 Å². The number of carbonyl (C=O) groups is 2. The standard InChI is InChI=1S/C21H19BrCl2N2O3/c1-4-26-12(2)21(22,16-7-5-6-10-25-16)19(27)17(20(28)29-3)18(26)13-8-9-14(23)15(24)11-13/h5-12H,4H2,1-3H3. The minimum absolute atomic E-state index is 0.0617. The van der Waals surface area contributed by atoms with Gasteiger partial charge in [0.2, 0.25) is 0 Å². The van der Waals surface area contributed by atoms with Crippen molar-refractivity contribution >= 4 is 56.6 Å². The Kier molecular flexibility index (Phi) is 6.36. The van der Waals surface area contributed by atoms with E-state index in [1.807, 2.05) is 18.7 Å². The molecular formula is C21H19BrCl2N2O3. The van der Waals surface area contributed by atoms with Gasteiger partial charge < -0.3 is 9.64 Å². The van der Waals surface area contributed by atoms with Gasteiger partial charge in [-0.25, -0.2) is 4.79 Å². The second-order valence-corrected chi connectivity index (χ2v) is 8.63. The zero-order valence-corrected chi connectivity index (χ0v) is 19.2. The van der Waals surface area contributed by atoms with Gasteiger partial charge in [-0.05, 0) is 38.1 Å². The highest BCUT2D eigenvalue weighted by Gasteiger charge is 2.54. The first-order valence-electron chi connectivity index (χ1n) is 8.97. The Labute approximate surface area is 187 Å². The molecule has 0 amide bonds. The van der Waals surface area contributed by atoms with Crippen LogP contribution in [0.1, 0.15) is 25.1 Å². The van der Waals surface area contributed by atoms with Crippen molar-refractivity contribution in [2.45, 2.75) is 24.2 Å². The molecule has 0 aliphatic carbocycles. The Bertz CT molecular complexity index is 997. The smallest absolute Gasteiger partial charge is 0.343 e. The number of pyridine rings is 1. The number of methoxy groups -OCH3 is 1. The lowest BCUT2D eigenvalue weighted by molar-refractivity contribution is -0.138. The van der Waals surface area contributed by atoms with E-state index in [0.29, 0.717) is 33.5 Å². The Hall–Kier alpha value is -1.89. The monoisotopic (exact) mass is 496 g/mol. The molecule has 0 N–H and O–H groups in total. The summed E-state index contributed by atoms with van der Waals surface area (Å²) >= 11 is 15.9. The average molecular weight is 498 g/mol. The molecule has 2 heterocycles. The fraction of sp³-hybridized carbons (Fsp3) is 0.286. The predicted molar refractivity (Wildman–Crippen MR) is 117 cm³/mol. The number of halogens is 3. The molecule has 0 bridgehead atoms. The van der Waals surface area contributed by atoms with E-state index in [4.69, 9.17) is 27.9 Å². The van der Waals surface area contributed by atoms with E-state index < -0.39 is 16.1 Å². The van der Waals surface area contributed by atoms with Crippen LogP contribution in [0.15, 0.2) is 48.2 Å². The SMILES string of the molecule is CCN1C(c2ccc(Cl)c(Cl)c2)=C(C(=O)OC)C(=O)C(Br)(c2ccccn2)C1C. The van der Waals surface area contributed by atoms with E-state index in [9.17, 15) is 9.59 Å². The van der Waals surface area contributed by atoms with Gasteiger partial charge in [-0.15, -0.1) is 0 Å². The van der Waals surface area contributed by atoms with Crippen LogP contribution in [0, 0.1) is 0 Å². The molecule has 1 aromatic heterocycles. The predicted octanol–water partition coefficient (Wildman–Crippen LogP) is 4.86. The number of benzene rings is 1. The Balaban J connectivity index is 2.33. The molecule has 0 saturated heterocycles. The van der Waals surface area contributed by atoms with Crippen molar-refractivity contribution in [2.75, 3.05) is 13.7 Å². The van der Waals surface area contributed by atoms with E-state index in [2.05, 4.69) is 20.9 Å². The number of rotatable bonds is 4. The van der Waals surface area contributed by atoms with Gasteiger partial charge in [-0.1, -0.05) is 51.3 Å². The average Bonchev–Trinajstić information content (AvgIpc) is 2.74. The Morgan fingerprint density at radius 3 is 2.55 bits per heavy atom. The third kappa shape index (κ3) is 3.58. The molecule has 1 aliphatic rings. The summed E-state index contributed by atoms with van der Waals surface area (Å²) in [5.74, 6) is -1.14. The molecule has 3 rings (SSSR count). The number of nitrogens with zero attached hydrogens (tertiary/aromatic N) is 2. The minimum Gasteiger partial charge on any atom is -0.465 e. The molecule has 0 spiro atoms. The van der Waals surface area contributed by atoms with E-state index in [1.165, 1.54) is 7.11 Å². The normalized spacial score (nSPS) is 22.1. The number of aromatic nitrogens is 1. The topological polar surface area (TPSA) is 59.5 Å². The fourth-order valence-corrected chi connectivity index (χ4v) is 4.59. The van der Waals surface area contributed by atoms with Gasteiger partial charge in [0.05, 0.1) is 34.6 Å². The van der Waals surface area contributed by atoms with Crippen LogP contribution in [0.4, 0.5) is 0 Å². The lowest BCUT2D eigenvalue weighted by Gasteiger charge is -2.46. The molecule has 2 unspecified atom stereocenters. The third-order valence-corrected chi connectivity index (χ3v) is 7.25. The summed E-state index contributed by atoms with van der Waals surface area (Å²) in [5.41, 5.74) is 1.53. The lowest BCUT2D eigenvalue weighted by atomic mass is 9.80. The molecule has 1 aliphatic heterocycles. The zero-order valence-electron chi connectivity index (χ0n) is 16.1. The van der Waals surface area contributed by atoms with E-state index in [1.54, 1.807) is 42.6 Å². The van der Waals surface area contributed by atoms with Crippen LogP contribution in [0.25, 0.3) is 5.70 Å². The number of hydrogen-bond donors (Lipinski definition) is 0. The molecule has 0 radical (unpaired) electrons. The highest BCUT2D eigenvalue weighted by molar-refractivity contribution is 9.10. The Morgan fingerprint density at radius 2 is 2.00 bits per heavy atom. The molecule has 152 valence electrons. The number of likely N-dealkylation sites (N-methyl/N-ethyl adjacent to an activating group) is 1.